The predicted octanol–water partition coefficient (Wildman–Crippen LogP) is 3.87. The number of hydrogen-bond acceptors (Lipinski definition) is 7. The number of aryl methyl sites for hydroxylation is 1. The van der Waals surface area contributed by atoms with Gasteiger partial charge >= 0.3 is 0 Å². The van der Waals surface area contributed by atoms with Gasteiger partial charge < -0.3 is 19.3 Å². The maximum Gasteiger partial charge on any atom is 0.278 e. The van der Waals surface area contributed by atoms with Crippen LogP contribution in [0.15, 0.2) is 47.0 Å². The molecular weight excluding hydrogens is 385 g/mol. The number of anilines is 1. The van der Waals surface area contributed by atoms with Crippen molar-refractivity contribution < 1.29 is 28.1 Å². The molecule has 9 nitrogen and oxygen atoms in total. The average Bonchev–Trinajstić information content (AvgIpc) is 3.08. The van der Waals surface area contributed by atoms with Crippen molar-refractivity contribution in [3.05, 3.63) is 75.4 Å². The lowest BCUT2D eigenvalue weighted by atomic mass is 10.2. The third kappa shape index (κ3) is 4.49. The van der Waals surface area contributed by atoms with Gasteiger partial charge in [0.15, 0.2) is 5.69 Å². The molecule has 0 unspecified atom stereocenters. The molecule has 150 valence electrons. The molecule has 0 aliphatic rings. The van der Waals surface area contributed by atoms with Crippen molar-refractivity contribution in [1.82, 2.24) is 5.16 Å². The summed E-state index contributed by atoms with van der Waals surface area (Å²) in [7, 11) is 1.33. The molecule has 1 aromatic heterocycles. The summed E-state index contributed by atoms with van der Waals surface area (Å²) in [6.07, 6.45) is 0. The Labute approximate surface area is 164 Å². The Bertz CT molecular complexity index is 1050. The molecule has 2 aromatic carbocycles. The largest absolute Gasteiger partial charge is 0.494 e. The highest BCUT2D eigenvalue weighted by molar-refractivity contribution is 6.04. The van der Waals surface area contributed by atoms with Crippen LogP contribution in [0.1, 0.15) is 21.8 Å². The topological polar surface area (TPSA) is 117 Å². The maximum atomic E-state index is 13.0. The first-order chi connectivity index (χ1) is 13.9. The van der Waals surface area contributed by atoms with Crippen LogP contribution in [0.25, 0.3) is 0 Å². The van der Waals surface area contributed by atoms with Crippen molar-refractivity contribution in [3.63, 3.8) is 0 Å². The van der Waals surface area contributed by atoms with Gasteiger partial charge in [-0.15, -0.1) is 0 Å². The van der Waals surface area contributed by atoms with Crippen molar-refractivity contribution in [2.45, 2.75) is 13.5 Å². The second kappa shape index (κ2) is 8.38. The number of non-ortho nitro benzene ring substituents is 1. The lowest BCUT2D eigenvalue weighted by Crippen LogP contribution is -2.16. The van der Waals surface area contributed by atoms with Gasteiger partial charge in [0, 0.05) is 6.07 Å². The Balaban J connectivity index is 1.78. The van der Waals surface area contributed by atoms with E-state index in [1.807, 2.05) is 0 Å². The molecule has 29 heavy (non-hydrogen) atoms. The summed E-state index contributed by atoms with van der Waals surface area (Å²) >= 11 is 0. The number of nitro benzene ring substituents is 1. The minimum atomic E-state index is -0.605. The van der Waals surface area contributed by atoms with E-state index < -0.39 is 16.6 Å². The smallest absolute Gasteiger partial charge is 0.278 e. The van der Waals surface area contributed by atoms with Gasteiger partial charge in [-0.3, -0.25) is 14.9 Å². The third-order valence-corrected chi connectivity index (χ3v) is 4.04. The summed E-state index contributed by atoms with van der Waals surface area (Å²) in [6, 6.07) is 9.22. The van der Waals surface area contributed by atoms with Crippen molar-refractivity contribution >= 4 is 17.3 Å². The molecule has 1 amide bonds. The first-order valence-electron chi connectivity index (χ1n) is 8.36. The van der Waals surface area contributed by atoms with Crippen LogP contribution in [0.2, 0.25) is 0 Å². The van der Waals surface area contributed by atoms with Crippen LogP contribution < -0.4 is 14.8 Å². The van der Waals surface area contributed by atoms with Gasteiger partial charge in [0.1, 0.15) is 29.7 Å². The van der Waals surface area contributed by atoms with E-state index in [0.29, 0.717) is 17.1 Å². The number of halogens is 1. The number of carbonyl (C=O) groups excluding carboxylic acids is 1. The highest BCUT2D eigenvalue weighted by Gasteiger charge is 2.22. The number of benzene rings is 2. The number of nitro groups is 1. The maximum absolute atomic E-state index is 13.0. The van der Waals surface area contributed by atoms with Gasteiger partial charge in [-0.25, -0.2) is 4.39 Å². The Kier molecular flexibility index (Phi) is 5.72. The fraction of sp³-hybridized carbons (Fsp3) is 0.158. The van der Waals surface area contributed by atoms with E-state index in [2.05, 4.69) is 10.5 Å². The molecule has 0 aliphatic carbocycles. The average molecular weight is 401 g/mol. The summed E-state index contributed by atoms with van der Waals surface area (Å²) in [6.45, 7) is 1.60. The minimum absolute atomic E-state index is 0.00924. The van der Waals surface area contributed by atoms with E-state index in [4.69, 9.17) is 14.0 Å². The lowest BCUT2D eigenvalue weighted by Gasteiger charge is -2.10. The quantitative estimate of drug-likeness (QED) is 0.472. The SMILES string of the molecule is COc1cc([N+](=O)[O-])ccc1NC(=O)c1noc(C)c1COc1ccc(F)cc1. The van der Waals surface area contributed by atoms with E-state index >= 15 is 0 Å². The molecule has 10 heteroatoms. The van der Waals surface area contributed by atoms with E-state index in [9.17, 15) is 19.3 Å². The van der Waals surface area contributed by atoms with Gasteiger partial charge in [-0.05, 0) is 37.3 Å². The van der Waals surface area contributed by atoms with Crippen LogP contribution in [-0.4, -0.2) is 23.1 Å². The number of carbonyl (C=O) groups is 1. The van der Waals surface area contributed by atoms with Crippen LogP contribution in [0.3, 0.4) is 0 Å². The number of hydrogen-bond donors (Lipinski definition) is 1. The standard InChI is InChI=1S/C19H16FN3O6/c1-11-15(10-28-14-6-3-12(20)4-7-14)18(22-29-11)19(24)21-16-8-5-13(23(25)26)9-17(16)27-2/h3-9H,10H2,1-2H3,(H,21,24). The van der Waals surface area contributed by atoms with Crippen LogP contribution in [-0.2, 0) is 6.61 Å². The zero-order chi connectivity index (χ0) is 21.0. The molecule has 0 bridgehead atoms. The van der Waals surface area contributed by atoms with Crippen LogP contribution in [0.5, 0.6) is 11.5 Å². The fourth-order valence-corrected chi connectivity index (χ4v) is 2.50. The zero-order valence-electron chi connectivity index (χ0n) is 15.5. The van der Waals surface area contributed by atoms with E-state index in [1.165, 1.54) is 49.6 Å². The summed E-state index contributed by atoms with van der Waals surface area (Å²) in [5, 5.41) is 17.2. The van der Waals surface area contributed by atoms with E-state index in [-0.39, 0.29) is 29.4 Å². The molecule has 0 atom stereocenters. The zero-order valence-corrected chi connectivity index (χ0v) is 15.5. The lowest BCUT2D eigenvalue weighted by molar-refractivity contribution is -0.384. The summed E-state index contributed by atoms with van der Waals surface area (Å²) < 4.78 is 28.8. The number of amides is 1. The van der Waals surface area contributed by atoms with Gasteiger partial charge in [-0.2, -0.15) is 0 Å². The van der Waals surface area contributed by atoms with Crippen molar-refractivity contribution in [1.29, 1.82) is 0 Å². The minimum Gasteiger partial charge on any atom is -0.494 e. The summed E-state index contributed by atoms with van der Waals surface area (Å²) in [5.41, 5.74) is 0.456. The summed E-state index contributed by atoms with van der Waals surface area (Å²) in [5.74, 6) is -0.0810. The normalized spacial score (nSPS) is 10.4. The van der Waals surface area contributed by atoms with Gasteiger partial charge in [0.2, 0.25) is 0 Å². The van der Waals surface area contributed by atoms with E-state index in [1.54, 1.807) is 6.92 Å². The van der Waals surface area contributed by atoms with Crippen molar-refractivity contribution in [2.24, 2.45) is 0 Å². The molecule has 0 saturated heterocycles. The van der Waals surface area contributed by atoms with Gasteiger partial charge in [0.05, 0.1) is 29.4 Å². The molecule has 0 radical (unpaired) electrons. The molecule has 3 aromatic rings. The number of aromatic nitrogens is 1. The second-order valence-electron chi connectivity index (χ2n) is 5.90. The van der Waals surface area contributed by atoms with Crippen molar-refractivity contribution in [3.8, 4) is 11.5 Å². The number of methoxy groups -OCH3 is 1. The third-order valence-electron chi connectivity index (χ3n) is 4.04. The van der Waals surface area contributed by atoms with Crippen LogP contribution in [0.4, 0.5) is 15.8 Å². The Morgan fingerprint density at radius 2 is 2.00 bits per heavy atom. The highest BCUT2D eigenvalue weighted by Crippen LogP contribution is 2.29. The first-order valence-corrected chi connectivity index (χ1v) is 8.36. The van der Waals surface area contributed by atoms with Gasteiger partial charge in [-0.1, -0.05) is 5.16 Å². The highest BCUT2D eigenvalue weighted by atomic mass is 19.1. The molecular formula is C19H16FN3O6. The van der Waals surface area contributed by atoms with E-state index in [0.717, 1.165) is 0 Å². The Morgan fingerprint density at radius 3 is 2.66 bits per heavy atom. The summed E-state index contributed by atoms with van der Waals surface area (Å²) in [4.78, 5) is 23.0. The molecule has 1 N–H and O–H groups in total. The first kappa shape index (κ1) is 19.8. The Hall–Kier alpha value is -3.95. The van der Waals surface area contributed by atoms with Crippen LogP contribution in [0, 0.1) is 22.9 Å². The number of nitrogens with one attached hydrogen (secondary N) is 1. The molecule has 0 spiro atoms. The van der Waals surface area contributed by atoms with Gasteiger partial charge in [0.25, 0.3) is 11.6 Å². The molecule has 0 fully saturated rings. The molecule has 0 aliphatic heterocycles. The predicted molar refractivity (Wildman–Crippen MR) is 99.6 cm³/mol. The molecule has 0 saturated carbocycles. The number of ether oxygens (including phenoxy) is 2. The van der Waals surface area contributed by atoms with Crippen molar-refractivity contribution in [2.75, 3.05) is 12.4 Å². The second-order valence-corrected chi connectivity index (χ2v) is 5.90. The molecule has 1 heterocycles. The fourth-order valence-electron chi connectivity index (χ4n) is 2.50. The monoisotopic (exact) mass is 401 g/mol. The van der Waals surface area contributed by atoms with Crippen LogP contribution >= 0.6 is 0 Å². The Morgan fingerprint density at radius 1 is 1.28 bits per heavy atom. The molecule has 3 rings (SSSR count). The number of rotatable bonds is 7. The number of nitrogens with zero attached hydrogens (tertiary/aromatic N) is 2.